The van der Waals surface area contributed by atoms with E-state index in [1.807, 2.05) is 0 Å². The van der Waals surface area contributed by atoms with Gasteiger partial charge in [-0.05, 0) is 0 Å². The molecule has 0 heterocycles. The van der Waals surface area contributed by atoms with E-state index in [4.69, 9.17) is 15.9 Å². The molecule has 0 amide bonds. The maximum atomic E-state index is 8.82. The van der Waals surface area contributed by atoms with E-state index in [0.29, 0.717) is 0 Å². The van der Waals surface area contributed by atoms with Crippen molar-refractivity contribution in [2.45, 2.75) is 0 Å². The van der Waals surface area contributed by atoms with Crippen LogP contribution in [0.5, 0.6) is 0 Å². The van der Waals surface area contributed by atoms with E-state index in [0.717, 1.165) is 0 Å². The molecule has 5 nitrogen and oxygen atoms in total. The second kappa shape index (κ2) is 4.69. The Kier molecular flexibility index (Phi) is 10.5. The van der Waals surface area contributed by atoms with Gasteiger partial charge in [-0.15, -0.1) is 0 Å². The van der Waals surface area contributed by atoms with Gasteiger partial charge in [0.15, 0.2) is 0 Å². The molecule has 0 atom stereocenters. The summed E-state index contributed by atoms with van der Waals surface area (Å²) in [6.45, 7) is 0. The molecule has 0 aliphatic carbocycles. The average Bonchev–Trinajstić information content (AvgIpc) is 0.722. The van der Waals surface area contributed by atoms with Crippen LogP contribution < -0.4 is 0 Å². The van der Waals surface area contributed by atoms with E-state index in [-0.39, 0.29) is 22.5 Å². The minimum atomic E-state index is -5.25. The first-order valence-corrected chi connectivity index (χ1v) is 2.88. The van der Waals surface area contributed by atoms with Gasteiger partial charge in [-0.1, -0.05) is 0 Å². The molecule has 7 heavy (non-hydrogen) atoms. The molecule has 46 valence electrons. The van der Waals surface area contributed by atoms with Crippen molar-refractivity contribution in [3.63, 3.8) is 0 Å². The second-order valence-corrected chi connectivity index (χ2v) is 1.85. The number of rotatable bonds is 0. The van der Waals surface area contributed by atoms with Crippen molar-refractivity contribution in [2.75, 3.05) is 0 Å². The molecule has 0 aliphatic heterocycles. The zero-order valence-electron chi connectivity index (χ0n) is 2.88. The first-order chi connectivity index (χ1) is 2.00. The predicted molar refractivity (Wildman–Crippen MR) is 6.50 cm³/mol. The van der Waals surface area contributed by atoms with Crippen molar-refractivity contribution in [1.29, 1.82) is 0 Å². The van der Waals surface area contributed by atoms with E-state index in [9.17, 15) is 0 Å². The van der Waals surface area contributed by atoms with Gasteiger partial charge < -0.3 is 5.48 Å². The Balaban J connectivity index is -0.0000000800. The van der Waals surface area contributed by atoms with Gasteiger partial charge in [-0.2, -0.15) is 0 Å². The quantitative estimate of drug-likeness (QED) is 0.454. The molecule has 2 N–H and O–H groups in total. The zero-order chi connectivity index (χ0) is 4.50. The third kappa shape index (κ3) is 474. The zero-order valence-corrected chi connectivity index (χ0v) is 5.26. The van der Waals surface area contributed by atoms with Crippen LogP contribution in [0.4, 0.5) is 0 Å². The Hall–Kier alpha value is 0.532. The summed E-state index contributed by atoms with van der Waals surface area (Å²) in [6, 6.07) is 0. The van der Waals surface area contributed by atoms with Crippen molar-refractivity contribution in [1.82, 2.24) is 0 Å². The van der Waals surface area contributed by atoms with Gasteiger partial charge in [0.1, 0.15) is 0 Å². The van der Waals surface area contributed by atoms with Crippen molar-refractivity contribution >= 4 is 0 Å². The van der Waals surface area contributed by atoms with Crippen molar-refractivity contribution in [3.05, 3.63) is 0 Å². The van der Waals surface area contributed by atoms with Gasteiger partial charge in [0.25, 0.3) is 0 Å². The van der Waals surface area contributed by atoms with Gasteiger partial charge in [-0.3, -0.25) is 0 Å². The Morgan fingerprint density at radius 2 is 1.14 bits per heavy atom. The van der Waals surface area contributed by atoms with Crippen LogP contribution in [0.25, 0.3) is 0 Å². The Labute approximate surface area is 52.5 Å². The van der Waals surface area contributed by atoms with Crippen molar-refractivity contribution in [2.24, 2.45) is 0 Å². The molecule has 0 bridgehead atoms. The van der Waals surface area contributed by atoms with E-state index in [1.165, 1.54) is 0 Å². The molecule has 0 aromatic carbocycles. The first kappa shape index (κ1) is 15.6. The van der Waals surface area contributed by atoms with Crippen LogP contribution in [0.15, 0.2) is 0 Å². The molecular weight excluding hydrogens is 188 g/mol. The Bertz CT molecular complexity index is 91.2. The summed E-state index contributed by atoms with van der Waals surface area (Å²) in [5.74, 6) is 0. The summed E-state index contributed by atoms with van der Waals surface area (Å²) in [5.41, 5.74) is 0. The fourth-order valence-electron chi connectivity index (χ4n) is 0. The van der Waals surface area contributed by atoms with E-state index in [2.05, 4.69) is 0 Å². The first-order valence-electron chi connectivity index (χ1n) is 0.698. The molecular formula is H2CrFeO5. The molecule has 0 unspecified atom stereocenters. The van der Waals surface area contributed by atoms with E-state index in [1.54, 1.807) is 0 Å². The van der Waals surface area contributed by atoms with Gasteiger partial charge in [0, 0.05) is 0 Å². The number of hydrogen-bond donors (Lipinski definition) is 2. The van der Waals surface area contributed by atoms with Crippen LogP contribution in [-0.4, -0.2) is 8.32 Å². The van der Waals surface area contributed by atoms with Gasteiger partial charge in [0.05, 0.1) is 0 Å². The summed E-state index contributed by atoms with van der Waals surface area (Å²) in [4.78, 5) is 0. The fourth-order valence-corrected chi connectivity index (χ4v) is 0. The summed E-state index contributed by atoms with van der Waals surface area (Å²) in [5, 5.41) is 0. The molecule has 7 heteroatoms. The number of hydrogen-bond acceptors (Lipinski definition) is 2. The van der Waals surface area contributed by atoms with Gasteiger partial charge >= 0.3 is 46.6 Å². The third-order valence-electron chi connectivity index (χ3n) is 0. The topological polar surface area (TPSA) is 103 Å². The SMILES string of the molecule is [Fe+2].[O-2].[O]=[Cr](=[O])([OH])[OH]. The van der Waals surface area contributed by atoms with Crippen molar-refractivity contribution < 1.29 is 52.1 Å². The maximum absolute atomic E-state index is 8.82. The normalized spacial score (nSPS) is 8.29. The monoisotopic (exact) mass is 190 g/mol. The molecule has 0 radical (unpaired) electrons. The summed E-state index contributed by atoms with van der Waals surface area (Å²) in [7, 11) is 0. The molecule has 0 rings (SSSR count). The summed E-state index contributed by atoms with van der Waals surface area (Å²) >= 11 is -5.25. The predicted octanol–water partition coefficient (Wildman–Crippen LogP) is -1.48. The minimum absolute atomic E-state index is 0. The molecule has 0 saturated heterocycles. The average molecular weight is 190 g/mol. The molecule has 0 aromatic heterocycles. The van der Waals surface area contributed by atoms with Gasteiger partial charge in [0.2, 0.25) is 0 Å². The van der Waals surface area contributed by atoms with Crippen LogP contribution >= 0.6 is 0 Å². The van der Waals surface area contributed by atoms with Crippen LogP contribution in [0.1, 0.15) is 0 Å². The van der Waals surface area contributed by atoms with Crippen LogP contribution in [0.3, 0.4) is 0 Å². The second-order valence-electron chi connectivity index (χ2n) is 0.448. The standard InChI is InChI=1S/Cr.Fe.2H2O.3O/h;;2*1H2;;;/q2*+2;;;;;-2/p-2. The van der Waals surface area contributed by atoms with Crippen molar-refractivity contribution in [3.8, 4) is 0 Å². The van der Waals surface area contributed by atoms with Crippen LogP contribution in [0, 0.1) is 0 Å². The third-order valence-corrected chi connectivity index (χ3v) is 0. The molecule has 0 spiro atoms. The molecule has 0 aliphatic rings. The van der Waals surface area contributed by atoms with E-state index < -0.39 is 13.6 Å². The Morgan fingerprint density at radius 1 is 1.14 bits per heavy atom. The molecule has 0 saturated carbocycles. The fraction of sp³-hybridized carbons (Fsp3) is 0. The van der Waals surface area contributed by atoms with E-state index >= 15 is 0 Å². The molecule has 0 fully saturated rings. The summed E-state index contributed by atoms with van der Waals surface area (Å²) in [6.07, 6.45) is 0. The van der Waals surface area contributed by atoms with Crippen LogP contribution in [0.2, 0.25) is 0 Å². The summed E-state index contributed by atoms with van der Waals surface area (Å²) < 4.78 is 31.9. The van der Waals surface area contributed by atoms with Crippen LogP contribution in [-0.2, 0) is 43.8 Å². The Morgan fingerprint density at radius 3 is 1.14 bits per heavy atom. The van der Waals surface area contributed by atoms with Gasteiger partial charge in [-0.25, -0.2) is 0 Å². The molecule has 0 aromatic rings.